The van der Waals surface area contributed by atoms with Crippen molar-refractivity contribution in [2.45, 2.75) is 92.9 Å². The number of allylic oxidation sites excluding steroid dienone is 9. The van der Waals surface area contributed by atoms with Gasteiger partial charge in [0.1, 0.15) is 12.6 Å². The predicted molar refractivity (Wildman–Crippen MR) is 254 cm³/mol. The number of aromatic nitrogens is 2. The van der Waals surface area contributed by atoms with Gasteiger partial charge >= 0.3 is 11.8 Å². The third-order valence-corrected chi connectivity index (χ3v) is 8.95. The fourth-order valence-corrected chi connectivity index (χ4v) is 5.50. The number of nitriles is 2. The first-order valence-electron chi connectivity index (χ1n) is 20.4. The first-order valence-corrected chi connectivity index (χ1v) is 20.4. The molecule has 3 heterocycles. The fourth-order valence-electron chi connectivity index (χ4n) is 5.50. The number of fused-ring (bicyclic) bond motifs is 1. The maximum absolute atomic E-state index is 12.5. The standard InChI is InChI=1S/C33H37N5O6.C4H10.C4H8.C3H6.C2H3N.C2H4.CH4O/c1-7-23(24(21-34)11-10-12-25-29(39)36(5)31(41)37(6)30(25)40)20-28-33(2,3)26-19-22(13-14-27(26)35(28)4)15-18-43-32(42)44-38-16-8-9-17-38;2*1-3-4-2;1-3-2;1-2-3;2*1-2/h7,10-14,19-20H,1,8-9,15-18H2,2-6H3;3-4H2,1-2H3;3-4H,1-2H3;3H,1H2,2H3;1H3;1-2H2;2H,1H3/p+1/b;;4-3-;;;;. The Balaban J connectivity index is -0.00000166. The lowest BCUT2D eigenvalue weighted by molar-refractivity contribution is -0.401. The van der Waals surface area contributed by atoms with Gasteiger partial charge in [-0.1, -0.05) is 69.7 Å². The Bertz CT molecular complexity index is 2060. The van der Waals surface area contributed by atoms with Crippen LogP contribution in [-0.4, -0.2) is 74.7 Å². The van der Waals surface area contributed by atoms with Gasteiger partial charge in [-0.3, -0.25) is 13.9 Å². The van der Waals surface area contributed by atoms with E-state index in [1.54, 1.807) is 23.3 Å². The Morgan fingerprint density at radius 3 is 2.00 bits per heavy atom. The van der Waals surface area contributed by atoms with Gasteiger partial charge in [0.05, 0.1) is 29.7 Å². The third-order valence-electron chi connectivity index (χ3n) is 8.95. The number of hydroxylamine groups is 2. The summed E-state index contributed by atoms with van der Waals surface area (Å²) in [7, 11) is 5.65. The lowest BCUT2D eigenvalue weighted by Crippen LogP contribution is -2.37. The van der Waals surface area contributed by atoms with Gasteiger partial charge in [0, 0.05) is 65.3 Å². The highest BCUT2D eigenvalue weighted by Gasteiger charge is 2.43. The number of aliphatic hydroxyl groups is 1. The highest BCUT2D eigenvalue weighted by molar-refractivity contribution is 6.04. The summed E-state index contributed by atoms with van der Waals surface area (Å²) in [5.41, 5.74) is 3.15. The maximum Gasteiger partial charge on any atom is 0.527 e. The molecule has 2 aromatic rings. The monoisotopic (exact) mass is 858 g/mol. The molecule has 4 rings (SSSR count). The smallest absolute Gasteiger partial charge is 0.494 e. The van der Waals surface area contributed by atoms with E-state index in [1.807, 2.05) is 58.2 Å². The molecule has 1 saturated heterocycles. The quantitative estimate of drug-likeness (QED) is 0.0771. The molecule has 2 aliphatic heterocycles. The first kappa shape index (κ1) is 60.0. The molecule has 13 nitrogen and oxygen atoms in total. The van der Waals surface area contributed by atoms with Crippen molar-refractivity contribution in [3.8, 4) is 18.0 Å². The topological polar surface area (TPSA) is 174 Å². The van der Waals surface area contributed by atoms with Gasteiger partial charge in [-0.15, -0.1) is 24.8 Å². The molecule has 0 bridgehead atoms. The minimum absolute atomic E-state index is 0.0709. The number of unbranched alkanes of at least 4 members (excludes halogenated alkanes) is 1. The first-order chi connectivity index (χ1) is 29.6. The second-order valence-corrected chi connectivity index (χ2v) is 13.6. The SMILES string of the molecule is C/C=C\C.C=C.C=CC.C=CC(=C\C1=[N+](C)c2ccc(CCOC(=O)ON3CCCC3)cc2C1(C)C)/C(C#N)=C/C=C/c1c(O)n(C)c(=O)n(C)c1=O.CC#N.CCCC.CO. The van der Waals surface area contributed by atoms with Crippen LogP contribution in [0.4, 0.5) is 10.5 Å². The van der Waals surface area contributed by atoms with Crippen molar-refractivity contribution in [1.82, 2.24) is 14.2 Å². The summed E-state index contributed by atoms with van der Waals surface area (Å²) < 4.78 is 9.23. The van der Waals surface area contributed by atoms with E-state index < -0.39 is 28.7 Å². The Kier molecular flexibility index (Phi) is 33.3. The van der Waals surface area contributed by atoms with Crippen LogP contribution in [0, 0.1) is 22.7 Å². The van der Waals surface area contributed by atoms with Gasteiger partial charge in [0.25, 0.3) is 5.56 Å². The summed E-state index contributed by atoms with van der Waals surface area (Å²) in [5, 5.41) is 36.2. The van der Waals surface area contributed by atoms with Gasteiger partial charge in [0.2, 0.25) is 11.6 Å². The van der Waals surface area contributed by atoms with E-state index in [9.17, 15) is 24.8 Å². The van der Waals surface area contributed by atoms with Gasteiger partial charge < -0.3 is 19.8 Å². The van der Waals surface area contributed by atoms with Crippen LogP contribution < -0.4 is 11.2 Å². The average Bonchev–Trinajstić information content (AvgIpc) is 3.86. The second kappa shape index (κ2) is 34.4. The molecule has 0 atom stereocenters. The Labute approximate surface area is 371 Å². The average molecular weight is 858 g/mol. The summed E-state index contributed by atoms with van der Waals surface area (Å²) in [5.74, 6) is -0.462. The zero-order chi connectivity index (χ0) is 48.4. The number of rotatable bonds is 10. The molecule has 0 unspecified atom stereocenters. The minimum Gasteiger partial charge on any atom is -0.494 e. The summed E-state index contributed by atoms with van der Waals surface area (Å²) in [6.45, 7) is 30.8. The number of benzene rings is 1. The van der Waals surface area contributed by atoms with Crippen LogP contribution in [0.5, 0.6) is 5.88 Å². The van der Waals surface area contributed by atoms with Gasteiger partial charge in [-0.2, -0.15) is 15.1 Å². The molecule has 62 heavy (non-hydrogen) atoms. The van der Waals surface area contributed by atoms with Gasteiger partial charge in [0.15, 0.2) is 5.71 Å². The van der Waals surface area contributed by atoms with Crippen LogP contribution in [0.3, 0.4) is 0 Å². The lowest BCUT2D eigenvalue weighted by atomic mass is 9.80. The predicted octanol–water partition coefficient (Wildman–Crippen LogP) is 9.30. The van der Waals surface area contributed by atoms with Crippen LogP contribution in [0.1, 0.15) is 97.8 Å². The molecular formula is C49H73N6O7+. The highest BCUT2D eigenvalue weighted by atomic mass is 16.8. The molecule has 2 N–H and O–H groups in total. The van der Waals surface area contributed by atoms with Crippen LogP contribution in [0.25, 0.3) is 6.08 Å². The zero-order valence-electron chi connectivity index (χ0n) is 39.5. The molecular weight excluding hydrogens is 785 g/mol. The number of hydrogen-bond donors (Lipinski definition) is 2. The fraction of sp³-hybridized carbons (Fsp3) is 0.429. The zero-order valence-corrected chi connectivity index (χ0v) is 39.5. The number of aromatic hydroxyl groups is 1. The van der Waals surface area contributed by atoms with Crippen molar-refractivity contribution < 1.29 is 29.2 Å². The number of aliphatic hydroxyl groups excluding tert-OH is 1. The van der Waals surface area contributed by atoms with E-state index in [0.717, 1.165) is 64.7 Å². The molecule has 1 aromatic carbocycles. The van der Waals surface area contributed by atoms with Gasteiger partial charge in [-0.05, 0) is 76.8 Å². The summed E-state index contributed by atoms with van der Waals surface area (Å²) in [6, 6.07) is 10.1. The number of nitrogens with zero attached hydrogens (tertiary/aromatic N) is 6. The van der Waals surface area contributed by atoms with Crippen LogP contribution in [0.2, 0.25) is 0 Å². The van der Waals surface area contributed by atoms with Crippen LogP contribution in [0.15, 0.2) is 108 Å². The van der Waals surface area contributed by atoms with E-state index >= 15 is 0 Å². The van der Waals surface area contributed by atoms with Crippen molar-refractivity contribution in [2.24, 2.45) is 14.1 Å². The number of carbonyl (C=O) groups is 1. The normalized spacial score (nSPS) is 13.5. The number of carbonyl (C=O) groups excluding carboxylic acids is 1. The van der Waals surface area contributed by atoms with E-state index in [0.29, 0.717) is 17.6 Å². The summed E-state index contributed by atoms with van der Waals surface area (Å²) in [4.78, 5) is 41.7. The number of ether oxygens (including phenoxy) is 1. The van der Waals surface area contributed by atoms with Crippen molar-refractivity contribution in [2.75, 3.05) is 33.9 Å². The lowest BCUT2D eigenvalue weighted by Gasteiger charge is -2.17. The van der Waals surface area contributed by atoms with E-state index in [2.05, 4.69) is 70.7 Å². The van der Waals surface area contributed by atoms with E-state index in [4.69, 9.17) is 19.9 Å². The molecule has 1 fully saturated rings. The Morgan fingerprint density at radius 2 is 1.53 bits per heavy atom. The Hall–Kier alpha value is -6.28. The number of hydrogen-bond acceptors (Lipinski definition) is 10. The van der Waals surface area contributed by atoms with Gasteiger partial charge in [-0.25, -0.2) is 9.59 Å². The van der Waals surface area contributed by atoms with Crippen molar-refractivity contribution in [1.29, 1.82) is 10.5 Å². The molecule has 1 aromatic heterocycles. The third kappa shape index (κ3) is 19.4. The molecule has 340 valence electrons. The Morgan fingerprint density at radius 1 is 1.00 bits per heavy atom. The molecule has 0 aliphatic carbocycles. The largest absolute Gasteiger partial charge is 0.527 e. The highest BCUT2D eigenvalue weighted by Crippen LogP contribution is 2.40. The summed E-state index contributed by atoms with van der Waals surface area (Å²) >= 11 is 0. The van der Waals surface area contributed by atoms with Crippen molar-refractivity contribution in [3.63, 3.8) is 0 Å². The second-order valence-electron chi connectivity index (χ2n) is 13.6. The molecule has 0 radical (unpaired) electrons. The van der Waals surface area contributed by atoms with E-state index in [1.165, 1.54) is 52.1 Å². The molecule has 2 aliphatic rings. The van der Waals surface area contributed by atoms with Crippen molar-refractivity contribution >= 4 is 23.6 Å². The van der Waals surface area contributed by atoms with E-state index in [-0.39, 0.29) is 12.2 Å². The minimum atomic E-state index is -0.685. The maximum atomic E-state index is 12.5. The van der Waals surface area contributed by atoms with Crippen LogP contribution >= 0.6 is 0 Å². The molecule has 0 amide bonds. The molecule has 13 heteroatoms. The summed E-state index contributed by atoms with van der Waals surface area (Å²) in [6.07, 6.45) is 18.1. The van der Waals surface area contributed by atoms with Crippen LogP contribution in [-0.2, 0) is 35.5 Å². The molecule has 0 saturated carbocycles. The molecule has 0 spiro atoms. The van der Waals surface area contributed by atoms with Crippen molar-refractivity contribution in [3.05, 3.63) is 136 Å².